The van der Waals surface area contributed by atoms with E-state index in [0.29, 0.717) is 56.4 Å². The molecule has 0 saturated carbocycles. The molecule has 2 saturated heterocycles. The zero-order valence-electron chi connectivity index (χ0n) is 64.6. The third-order valence-electron chi connectivity index (χ3n) is 20.3. The van der Waals surface area contributed by atoms with Crippen molar-refractivity contribution in [1.29, 1.82) is 0 Å². The van der Waals surface area contributed by atoms with Crippen LogP contribution in [0.1, 0.15) is 129 Å². The van der Waals surface area contributed by atoms with Crippen molar-refractivity contribution < 1.29 is 27.0 Å². The number of aryl methyl sites for hydroxylation is 4. The van der Waals surface area contributed by atoms with Crippen LogP contribution in [0.15, 0.2) is 203 Å². The molecule has 2 aliphatic rings. The fourth-order valence-electron chi connectivity index (χ4n) is 14.7. The van der Waals surface area contributed by atoms with Gasteiger partial charge in [-0.1, -0.05) is 121 Å². The number of hydrogen-bond donors (Lipinski definition) is 5. The molecule has 6 aromatic carbocycles. The number of hydrogen-bond acceptors (Lipinski definition) is 20. The van der Waals surface area contributed by atoms with Crippen LogP contribution in [0.2, 0.25) is 5.15 Å². The number of pyridine rings is 3. The highest BCUT2D eigenvalue weighted by molar-refractivity contribution is 6.33. The number of H-pyrrole nitrogens is 2. The van der Waals surface area contributed by atoms with Crippen LogP contribution in [0.25, 0.3) is 94.0 Å². The van der Waals surface area contributed by atoms with Crippen LogP contribution in [-0.4, -0.2) is 106 Å². The first-order valence-electron chi connectivity index (χ1n) is 38.0. The van der Waals surface area contributed by atoms with Crippen LogP contribution in [0.4, 0.5) is 29.2 Å². The molecule has 2 aliphatic heterocycles. The summed E-state index contributed by atoms with van der Waals surface area (Å²) in [6.45, 7) is 14.7. The largest absolute Gasteiger partial charge is 0.360 e. The lowest BCUT2D eigenvalue weighted by Gasteiger charge is -2.24. The Labute approximate surface area is 669 Å². The molecule has 6 N–H and O–H groups in total. The van der Waals surface area contributed by atoms with Gasteiger partial charge in [-0.3, -0.25) is 37.2 Å². The van der Waals surface area contributed by atoms with Gasteiger partial charge in [0.05, 0.1) is 59.2 Å². The third kappa shape index (κ3) is 16.5. The molecule has 32 heteroatoms. The van der Waals surface area contributed by atoms with Crippen molar-refractivity contribution in [3.63, 3.8) is 0 Å². The van der Waals surface area contributed by atoms with Crippen LogP contribution in [0.5, 0.6) is 0 Å². The Morgan fingerprint density at radius 1 is 0.453 bits per heavy atom. The number of aromatic amines is 2. The van der Waals surface area contributed by atoms with Crippen molar-refractivity contribution in [2.45, 2.75) is 118 Å². The minimum atomic E-state index is -0.871. The van der Waals surface area contributed by atoms with Crippen molar-refractivity contribution in [3.05, 3.63) is 289 Å². The molecule has 0 spiro atoms. The molecule has 0 amide bonds. The van der Waals surface area contributed by atoms with Crippen molar-refractivity contribution in [2.75, 3.05) is 23.8 Å². The van der Waals surface area contributed by atoms with E-state index in [2.05, 4.69) is 80.4 Å². The topological polar surface area (TPSA) is 331 Å². The van der Waals surface area contributed by atoms with E-state index >= 15 is 0 Å². The molecule has 11 aromatic heterocycles. The van der Waals surface area contributed by atoms with Crippen molar-refractivity contribution >= 4 is 100 Å². The van der Waals surface area contributed by atoms with E-state index in [1.165, 1.54) is 12.7 Å². The third-order valence-corrected chi connectivity index (χ3v) is 20.6. The summed E-state index contributed by atoms with van der Waals surface area (Å²) >= 11 is 5.54. The lowest BCUT2D eigenvalue weighted by atomic mass is 10.0. The Morgan fingerprint density at radius 2 is 0.846 bits per heavy atom. The SMILES string of the molecule is Cc1cccc2cc([C@H](C)N)n(-c3ccccc3)c(=O)c12.Cc1cccc2cc([C@H](C)Nc3nc(F)nc4c3ncn4C3CCCCO3)n(-c3ccccc3)c(=O)c12.Cc1cccc2cc([C@H](C)Nc3nc(F)nc4nc[nH]c34)n(-c3ccccc3)c(=O)c12.Cc1nc(F)nc2c1ncn2C1CCCCO1.Fc1nc(Cl)c2[nH]cnc2n1. The van der Waals surface area contributed by atoms with E-state index in [0.717, 1.165) is 118 Å². The summed E-state index contributed by atoms with van der Waals surface area (Å²) in [5.74, 6) is 0.546. The maximum absolute atomic E-state index is 14.6. The van der Waals surface area contributed by atoms with Gasteiger partial charge >= 0.3 is 24.3 Å². The number of aromatic nitrogens is 19. The van der Waals surface area contributed by atoms with Gasteiger partial charge in [0.2, 0.25) is 0 Å². The van der Waals surface area contributed by atoms with Crippen LogP contribution in [0.3, 0.4) is 0 Å². The Kier molecular flexibility index (Phi) is 23.2. The summed E-state index contributed by atoms with van der Waals surface area (Å²) in [7, 11) is 0. The van der Waals surface area contributed by atoms with E-state index in [9.17, 15) is 31.9 Å². The number of halogens is 5. The lowest BCUT2D eigenvalue weighted by molar-refractivity contribution is -0.0300. The summed E-state index contributed by atoms with van der Waals surface area (Å²) in [5.41, 5.74) is 17.3. The van der Waals surface area contributed by atoms with Crippen LogP contribution in [-0.2, 0) is 9.47 Å². The number of rotatable bonds is 12. The quantitative estimate of drug-likeness (QED) is 0.0431. The minimum absolute atomic E-state index is 0.0101. The van der Waals surface area contributed by atoms with Gasteiger partial charge in [0.15, 0.2) is 44.9 Å². The standard InChI is InChI=1S/C28H27FN6O2.C23H19FN6O.C18H18N2O.C11H13FN4O.C5H2ClFN4/c1-17-9-8-10-19-15-21(35(27(36)23(17)19)20-11-4-3-5-12-20)18(2)31-25-24-26(33-28(29)32-25)34(16-30-24)22-13-6-7-14-37-22;1-13-7-6-8-15-11-17(30(22(31)18(13)15)16-9-4-3-5-10-16)14(2)27-21-19-20(26-12-25-19)28-23(24)29-21;1-12-7-6-8-14-11-16(13(2)19)20(18(21)17(12)14)15-9-4-3-5-10-15;1-7-9-10(15-11(12)14-7)16(6-13-9)8-4-2-3-5-17-8;6-3-2-4(9-1-8-2)11-5(7)10-3/h3-5,8-12,15-16,18,22H,6-7,13-14H2,1-2H3,(H,31,32,33);3-12,14H,1-2H3,(H2,25,26,27,28,29);3-11,13H,19H2,1-2H3;6,8H,2-5H2,1H3;1H,(H,8,9,10,11)/t18-,22?;14-;13-;;/m000../s1. The predicted octanol–water partition coefficient (Wildman–Crippen LogP) is 16.2. The van der Waals surface area contributed by atoms with Crippen molar-refractivity contribution in [3.8, 4) is 17.1 Å². The van der Waals surface area contributed by atoms with Gasteiger partial charge in [0.1, 0.15) is 29.0 Å². The van der Waals surface area contributed by atoms with Crippen molar-refractivity contribution in [2.24, 2.45) is 5.73 Å². The van der Waals surface area contributed by atoms with E-state index in [1.54, 1.807) is 42.4 Å². The highest BCUT2D eigenvalue weighted by atomic mass is 35.5. The summed E-state index contributed by atoms with van der Waals surface area (Å²) in [5, 5.41) is 11.3. The smallest absolute Gasteiger partial charge is 0.312 e. The van der Waals surface area contributed by atoms with Crippen molar-refractivity contribution in [1.82, 2.24) is 92.6 Å². The molecule has 17 aromatic rings. The fraction of sp³-hybridized carbons (Fsp3) is 0.235. The second-order valence-corrected chi connectivity index (χ2v) is 28.7. The van der Waals surface area contributed by atoms with Gasteiger partial charge in [0, 0.05) is 53.4 Å². The Bertz CT molecular complexity index is 6690. The summed E-state index contributed by atoms with van der Waals surface area (Å²) in [6, 6.07) is 51.1. The molecular formula is C85H79ClF4N22O5. The minimum Gasteiger partial charge on any atom is -0.360 e. The Hall–Kier alpha value is -13.4. The molecule has 0 aliphatic carbocycles. The first-order chi connectivity index (χ1) is 56.7. The Morgan fingerprint density at radius 3 is 1.31 bits per heavy atom. The number of nitrogens with two attached hydrogens (primary N) is 1. The number of anilines is 2. The monoisotopic (exact) mass is 1600 g/mol. The van der Waals surface area contributed by atoms with E-state index in [4.69, 9.17) is 26.8 Å². The van der Waals surface area contributed by atoms with Crippen LogP contribution in [0, 0.1) is 52.0 Å². The average molecular weight is 1600 g/mol. The zero-order valence-corrected chi connectivity index (χ0v) is 65.3. The molecule has 0 radical (unpaired) electrons. The van der Waals surface area contributed by atoms with Crippen LogP contribution < -0.4 is 33.0 Å². The molecule has 2 fully saturated rings. The highest BCUT2D eigenvalue weighted by Gasteiger charge is 2.27. The number of nitrogens with one attached hydrogen (secondary N) is 4. The molecule has 5 atom stereocenters. The number of benzene rings is 6. The first kappa shape index (κ1) is 78.9. The van der Waals surface area contributed by atoms with Gasteiger partial charge in [-0.25, -0.2) is 24.9 Å². The summed E-state index contributed by atoms with van der Waals surface area (Å²) in [6.07, 6.45) is 8.43. The molecule has 117 heavy (non-hydrogen) atoms. The van der Waals surface area contributed by atoms with Gasteiger partial charge in [0.25, 0.3) is 16.7 Å². The Balaban J connectivity index is 0.000000121. The van der Waals surface area contributed by atoms with Crippen LogP contribution >= 0.6 is 11.6 Å². The molecule has 13 heterocycles. The number of imidazole rings is 4. The fourth-order valence-corrected chi connectivity index (χ4v) is 14.9. The maximum atomic E-state index is 14.6. The number of fused-ring (bicyclic) bond motifs is 7. The maximum Gasteiger partial charge on any atom is 0.312 e. The molecule has 594 valence electrons. The summed E-state index contributed by atoms with van der Waals surface area (Å²) in [4.78, 5) is 92.2. The molecule has 27 nitrogen and oxygen atoms in total. The highest BCUT2D eigenvalue weighted by Crippen LogP contribution is 2.34. The molecular weight excluding hydrogens is 1520 g/mol. The predicted molar refractivity (Wildman–Crippen MR) is 441 cm³/mol. The molecule has 19 rings (SSSR count). The lowest BCUT2D eigenvalue weighted by Crippen LogP contribution is -2.26. The van der Waals surface area contributed by atoms with E-state index < -0.39 is 30.4 Å². The van der Waals surface area contributed by atoms with Gasteiger partial charge in [-0.05, 0) is 174 Å². The van der Waals surface area contributed by atoms with Gasteiger partial charge in [-0.2, -0.15) is 52.4 Å². The number of ether oxygens (including phenoxy) is 2. The van der Waals surface area contributed by atoms with Gasteiger partial charge in [-0.15, -0.1) is 0 Å². The molecule has 0 bridgehead atoms. The number of nitrogens with zero attached hydrogens (tertiary/aromatic N) is 17. The zero-order chi connectivity index (χ0) is 81.7. The number of para-hydroxylation sites is 3. The first-order valence-corrected chi connectivity index (χ1v) is 38.3. The van der Waals surface area contributed by atoms with E-state index in [-0.39, 0.29) is 69.3 Å². The summed E-state index contributed by atoms with van der Waals surface area (Å²) < 4.78 is 74.4. The molecule has 2 unspecified atom stereocenters. The second-order valence-electron chi connectivity index (χ2n) is 28.3. The second kappa shape index (κ2) is 34.4. The van der Waals surface area contributed by atoms with Gasteiger partial charge < -0.3 is 35.8 Å². The average Bonchev–Trinajstić information content (AvgIpc) is 1.25. The van der Waals surface area contributed by atoms with E-state index in [1.807, 2.05) is 205 Å². The normalized spacial score (nSPS) is 14.9.